The van der Waals surface area contributed by atoms with Crippen LogP contribution in [0.2, 0.25) is 0 Å². The zero-order valence-corrected chi connectivity index (χ0v) is 15.4. The number of aryl methyl sites for hydroxylation is 1. The molecule has 0 aliphatic carbocycles. The first-order valence-corrected chi connectivity index (χ1v) is 9.46. The Balaban J connectivity index is 1.43. The number of carbonyl (C=O) groups is 1. The molecule has 0 saturated carbocycles. The molecule has 6 nitrogen and oxygen atoms in total. The molecule has 134 valence electrons. The van der Waals surface area contributed by atoms with Crippen LogP contribution >= 0.6 is 11.8 Å². The summed E-state index contributed by atoms with van der Waals surface area (Å²) in [5, 5.41) is 12.0. The molecule has 0 bridgehead atoms. The summed E-state index contributed by atoms with van der Waals surface area (Å²) in [6.45, 7) is 0.675. The highest BCUT2D eigenvalue weighted by Crippen LogP contribution is 2.21. The minimum absolute atomic E-state index is 0.00832. The number of rotatable bonds is 8. The number of amides is 1. The lowest BCUT2D eigenvalue weighted by atomic mass is 10.1. The number of nitrogens with zero attached hydrogens (tertiary/aromatic N) is 4. The fourth-order valence-electron chi connectivity index (χ4n) is 2.53. The van der Waals surface area contributed by atoms with E-state index in [0.29, 0.717) is 17.5 Å². The summed E-state index contributed by atoms with van der Waals surface area (Å²) in [5.41, 5.74) is 2.19. The molecule has 1 amide bonds. The second-order valence-corrected chi connectivity index (χ2v) is 6.78. The first-order chi connectivity index (χ1) is 12.7. The van der Waals surface area contributed by atoms with Crippen LogP contribution in [0.15, 0.2) is 60.0 Å². The van der Waals surface area contributed by atoms with E-state index in [9.17, 15) is 4.79 Å². The fourth-order valence-corrected chi connectivity index (χ4v) is 3.27. The van der Waals surface area contributed by atoms with Gasteiger partial charge in [0.15, 0.2) is 11.0 Å². The second-order valence-electron chi connectivity index (χ2n) is 5.83. The monoisotopic (exact) mass is 367 g/mol. The zero-order chi connectivity index (χ0) is 18.2. The highest BCUT2D eigenvalue weighted by Gasteiger charge is 2.12. The Morgan fingerprint density at radius 2 is 2.00 bits per heavy atom. The predicted octanol–water partition coefficient (Wildman–Crippen LogP) is 2.72. The first-order valence-electron chi connectivity index (χ1n) is 8.47. The lowest BCUT2D eigenvalue weighted by molar-refractivity contribution is -0.118. The van der Waals surface area contributed by atoms with Gasteiger partial charge in [-0.2, -0.15) is 0 Å². The van der Waals surface area contributed by atoms with Crippen molar-refractivity contribution in [2.75, 3.05) is 12.3 Å². The summed E-state index contributed by atoms with van der Waals surface area (Å²) in [4.78, 5) is 16.1. The molecule has 3 rings (SSSR count). The molecule has 2 aromatic heterocycles. The van der Waals surface area contributed by atoms with E-state index in [-0.39, 0.29) is 5.91 Å². The maximum absolute atomic E-state index is 12.0. The van der Waals surface area contributed by atoms with Crippen molar-refractivity contribution < 1.29 is 4.79 Å². The molecule has 0 aliphatic heterocycles. The number of hydrogen-bond donors (Lipinski definition) is 1. The van der Waals surface area contributed by atoms with Crippen LogP contribution < -0.4 is 5.32 Å². The van der Waals surface area contributed by atoms with Crippen LogP contribution in [0.4, 0.5) is 0 Å². The summed E-state index contributed by atoms with van der Waals surface area (Å²) < 4.78 is 1.88. The lowest BCUT2D eigenvalue weighted by Gasteiger charge is -2.06. The van der Waals surface area contributed by atoms with Crippen LogP contribution in [0.5, 0.6) is 0 Å². The third kappa shape index (κ3) is 4.92. The van der Waals surface area contributed by atoms with Crippen LogP contribution in [-0.2, 0) is 18.3 Å². The fraction of sp³-hybridized carbons (Fsp3) is 0.263. The molecule has 0 radical (unpaired) electrons. The number of benzene rings is 1. The van der Waals surface area contributed by atoms with Crippen molar-refractivity contribution in [3.63, 3.8) is 0 Å². The molecular weight excluding hydrogens is 346 g/mol. The third-order valence-electron chi connectivity index (χ3n) is 3.89. The van der Waals surface area contributed by atoms with Crippen molar-refractivity contribution in [2.24, 2.45) is 7.05 Å². The van der Waals surface area contributed by atoms with Crippen LogP contribution in [0.25, 0.3) is 11.4 Å². The van der Waals surface area contributed by atoms with E-state index in [0.717, 1.165) is 24.2 Å². The summed E-state index contributed by atoms with van der Waals surface area (Å²) >= 11 is 1.38. The van der Waals surface area contributed by atoms with Gasteiger partial charge in [-0.05, 0) is 30.5 Å². The molecule has 0 fully saturated rings. The Hall–Kier alpha value is -2.67. The van der Waals surface area contributed by atoms with Crippen LogP contribution in [-0.4, -0.2) is 38.0 Å². The van der Waals surface area contributed by atoms with Gasteiger partial charge in [-0.1, -0.05) is 42.1 Å². The Kier molecular flexibility index (Phi) is 6.38. The Morgan fingerprint density at radius 3 is 2.77 bits per heavy atom. The minimum Gasteiger partial charge on any atom is -0.355 e. The average molecular weight is 367 g/mol. The lowest BCUT2D eigenvalue weighted by Crippen LogP contribution is -2.26. The summed E-state index contributed by atoms with van der Waals surface area (Å²) in [7, 11) is 1.89. The van der Waals surface area contributed by atoms with E-state index in [1.165, 1.54) is 17.3 Å². The zero-order valence-electron chi connectivity index (χ0n) is 14.6. The standard InChI is InChI=1S/C19H21N5OS/c1-24-18(16-10-6-11-20-13-16)22-23-19(24)26-14-17(25)21-12-5-9-15-7-3-2-4-8-15/h2-4,6-8,10-11,13H,5,9,12,14H2,1H3,(H,21,25). The van der Waals surface area contributed by atoms with Crippen molar-refractivity contribution in [2.45, 2.75) is 18.0 Å². The van der Waals surface area contributed by atoms with E-state index < -0.39 is 0 Å². The van der Waals surface area contributed by atoms with E-state index in [1.54, 1.807) is 12.4 Å². The van der Waals surface area contributed by atoms with Crippen molar-refractivity contribution in [3.05, 3.63) is 60.4 Å². The number of nitrogens with one attached hydrogen (secondary N) is 1. The largest absolute Gasteiger partial charge is 0.355 e. The highest BCUT2D eigenvalue weighted by molar-refractivity contribution is 7.99. The summed E-state index contributed by atoms with van der Waals surface area (Å²) in [6, 6.07) is 14.1. The van der Waals surface area contributed by atoms with Gasteiger partial charge in [0.25, 0.3) is 0 Å². The maximum atomic E-state index is 12.0. The highest BCUT2D eigenvalue weighted by atomic mass is 32.2. The topological polar surface area (TPSA) is 72.7 Å². The SMILES string of the molecule is Cn1c(SCC(=O)NCCCc2ccccc2)nnc1-c1cccnc1. The van der Waals surface area contributed by atoms with Gasteiger partial charge in [0, 0.05) is 31.5 Å². The van der Waals surface area contributed by atoms with Crippen LogP contribution in [0.3, 0.4) is 0 Å². The quantitative estimate of drug-likeness (QED) is 0.489. The molecule has 0 unspecified atom stereocenters. The number of thioether (sulfide) groups is 1. The van der Waals surface area contributed by atoms with Gasteiger partial charge in [0.1, 0.15) is 0 Å². The molecule has 1 aromatic carbocycles. The van der Waals surface area contributed by atoms with Gasteiger partial charge in [-0.3, -0.25) is 9.78 Å². The summed E-state index contributed by atoms with van der Waals surface area (Å²) in [5.74, 6) is 1.07. The van der Waals surface area contributed by atoms with Crippen molar-refractivity contribution in [3.8, 4) is 11.4 Å². The molecule has 0 aliphatic rings. The molecule has 1 N–H and O–H groups in total. The van der Waals surface area contributed by atoms with Gasteiger partial charge in [-0.15, -0.1) is 10.2 Å². The van der Waals surface area contributed by atoms with Gasteiger partial charge < -0.3 is 9.88 Å². The van der Waals surface area contributed by atoms with Crippen molar-refractivity contribution in [1.82, 2.24) is 25.1 Å². The Bertz CT molecular complexity index is 836. The molecule has 2 heterocycles. The maximum Gasteiger partial charge on any atom is 0.230 e. The number of pyridine rings is 1. The molecule has 26 heavy (non-hydrogen) atoms. The minimum atomic E-state index is 0.00832. The van der Waals surface area contributed by atoms with Crippen LogP contribution in [0, 0.1) is 0 Å². The first kappa shape index (κ1) is 18.1. The van der Waals surface area contributed by atoms with Crippen molar-refractivity contribution in [1.29, 1.82) is 0 Å². The van der Waals surface area contributed by atoms with Crippen LogP contribution in [0.1, 0.15) is 12.0 Å². The van der Waals surface area contributed by atoms with Crippen molar-refractivity contribution >= 4 is 17.7 Å². The molecule has 0 saturated heterocycles. The Morgan fingerprint density at radius 1 is 1.15 bits per heavy atom. The number of carbonyl (C=O) groups excluding carboxylic acids is 1. The van der Waals surface area contributed by atoms with E-state index >= 15 is 0 Å². The average Bonchev–Trinajstić information content (AvgIpc) is 3.05. The molecule has 0 spiro atoms. The van der Waals surface area contributed by atoms with Gasteiger partial charge in [0.2, 0.25) is 5.91 Å². The molecule has 3 aromatic rings. The van der Waals surface area contributed by atoms with E-state index in [4.69, 9.17) is 0 Å². The number of hydrogen-bond acceptors (Lipinski definition) is 5. The smallest absolute Gasteiger partial charge is 0.230 e. The van der Waals surface area contributed by atoms with Gasteiger partial charge >= 0.3 is 0 Å². The predicted molar refractivity (Wildman–Crippen MR) is 103 cm³/mol. The van der Waals surface area contributed by atoms with E-state index in [1.807, 2.05) is 41.9 Å². The third-order valence-corrected chi connectivity index (χ3v) is 4.91. The molecule has 7 heteroatoms. The van der Waals surface area contributed by atoms with Gasteiger partial charge in [0.05, 0.1) is 5.75 Å². The summed E-state index contributed by atoms with van der Waals surface area (Å²) in [6.07, 6.45) is 5.36. The molecular formula is C19H21N5OS. The second kappa shape index (κ2) is 9.15. The molecule has 0 atom stereocenters. The number of aromatic nitrogens is 4. The Labute approximate surface area is 157 Å². The normalized spacial score (nSPS) is 10.7. The van der Waals surface area contributed by atoms with Gasteiger partial charge in [-0.25, -0.2) is 0 Å². The van der Waals surface area contributed by atoms with E-state index in [2.05, 4.69) is 32.6 Å².